The molecular formula is C26H32N6. The van der Waals surface area contributed by atoms with Crippen LogP contribution >= 0.6 is 0 Å². The number of benzene rings is 1. The lowest BCUT2D eigenvalue weighted by Crippen LogP contribution is -2.42. The van der Waals surface area contributed by atoms with Gasteiger partial charge in [-0.15, -0.1) is 0 Å². The van der Waals surface area contributed by atoms with Crippen LogP contribution in [0, 0.1) is 18.3 Å². The fourth-order valence-corrected chi connectivity index (χ4v) is 4.51. The third-order valence-electron chi connectivity index (χ3n) is 6.56. The Morgan fingerprint density at radius 2 is 2.06 bits per heavy atom. The first-order valence-electron chi connectivity index (χ1n) is 11.3. The molecule has 166 valence electrons. The molecule has 6 heteroatoms. The van der Waals surface area contributed by atoms with E-state index >= 15 is 0 Å². The zero-order chi connectivity index (χ0) is 22.5. The van der Waals surface area contributed by atoms with E-state index in [2.05, 4.69) is 82.5 Å². The Hall–Kier alpha value is -3.14. The van der Waals surface area contributed by atoms with Crippen LogP contribution in [0.2, 0.25) is 0 Å². The third-order valence-corrected chi connectivity index (χ3v) is 6.56. The molecule has 0 saturated carbocycles. The van der Waals surface area contributed by atoms with Crippen molar-refractivity contribution in [1.29, 1.82) is 5.26 Å². The van der Waals surface area contributed by atoms with Crippen LogP contribution in [-0.2, 0) is 0 Å². The van der Waals surface area contributed by atoms with E-state index in [0.29, 0.717) is 11.6 Å². The molecule has 1 aromatic carbocycles. The van der Waals surface area contributed by atoms with Gasteiger partial charge in [0.2, 0.25) is 0 Å². The van der Waals surface area contributed by atoms with E-state index in [1.54, 1.807) is 6.20 Å². The Labute approximate surface area is 190 Å². The van der Waals surface area contributed by atoms with Gasteiger partial charge in [0.25, 0.3) is 0 Å². The molecule has 0 atom stereocenters. The highest BCUT2D eigenvalue weighted by molar-refractivity contribution is 5.89. The lowest BCUT2D eigenvalue weighted by atomic mass is 10.0. The fourth-order valence-electron chi connectivity index (χ4n) is 4.51. The van der Waals surface area contributed by atoms with Gasteiger partial charge in [-0.3, -0.25) is 4.98 Å². The highest BCUT2D eigenvalue weighted by atomic mass is 15.2. The van der Waals surface area contributed by atoms with E-state index in [-0.39, 0.29) is 0 Å². The second-order valence-corrected chi connectivity index (χ2v) is 8.79. The molecular weight excluding hydrogens is 396 g/mol. The predicted octanol–water partition coefficient (Wildman–Crippen LogP) is 4.92. The zero-order valence-electron chi connectivity index (χ0n) is 19.2. The van der Waals surface area contributed by atoms with E-state index in [1.807, 2.05) is 12.4 Å². The number of aryl methyl sites for hydroxylation is 1. The largest absolute Gasteiger partial charge is 0.361 e. The van der Waals surface area contributed by atoms with Gasteiger partial charge in [-0.25, -0.2) is 0 Å². The van der Waals surface area contributed by atoms with E-state index in [4.69, 9.17) is 0 Å². The number of H-pyrrole nitrogens is 1. The second-order valence-electron chi connectivity index (χ2n) is 8.79. The number of aromatic amines is 1. The molecule has 0 aliphatic carbocycles. The molecule has 1 saturated heterocycles. The molecule has 1 aliphatic heterocycles. The van der Waals surface area contributed by atoms with Crippen LogP contribution in [0.15, 0.2) is 42.9 Å². The molecule has 0 radical (unpaired) electrons. The number of nitriles is 1. The number of rotatable bonds is 7. The standard InChI is InChI=1S/C26H32N6/c1-19-23-9-12-29-25(23)8-7-24(19)30-26-20(17-28-18-21(26)16-27)6-4-5-13-32-14-10-22(11-15-32)31(2)3/h4,6-9,12,17-18,22,29H,5,10-11,13-15H2,1-3H3,(H,28,30)/b6-4+. The molecule has 3 aromatic rings. The minimum Gasteiger partial charge on any atom is -0.361 e. The average molecular weight is 429 g/mol. The first-order chi connectivity index (χ1) is 15.6. The molecule has 2 aromatic heterocycles. The molecule has 0 bridgehead atoms. The van der Waals surface area contributed by atoms with E-state index < -0.39 is 0 Å². The van der Waals surface area contributed by atoms with Crippen LogP contribution in [0.1, 0.15) is 36.0 Å². The summed E-state index contributed by atoms with van der Waals surface area (Å²) in [6.07, 6.45) is 13.2. The monoisotopic (exact) mass is 428 g/mol. The highest BCUT2D eigenvalue weighted by Gasteiger charge is 2.19. The van der Waals surface area contributed by atoms with Gasteiger partial charge < -0.3 is 20.1 Å². The van der Waals surface area contributed by atoms with Gasteiger partial charge in [-0.1, -0.05) is 12.2 Å². The topological polar surface area (TPSA) is 71.0 Å². The van der Waals surface area contributed by atoms with Crippen LogP contribution in [-0.4, -0.2) is 59.5 Å². The molecule has 32 heavy (non-hydrogen) atoms. The minimum atomic E-state index is 0.548. The normalized spacial score (nSPS) is 15.6. The van der Waals surface area contributed by atoms with Gasteiger partial charge in [-0.2, -0.15) is 5.26 Å². The number of fused-ring (bicyclic) bond motifs is 1. The van der Waals surface area contributed by atoms with E-state index in [1.165, 1.54) is 18.2 Å². The Morgan fingerprint density at radius 1 is 1.25 bits per heavy atom. The summed E-state index contributed by atoms with van der Waals surface area (Å²) < 4.78 is 0. The highest BCUT2D eigenvalue weighted by Crippen LogP contribution is 2.30. The number of anilines is 2. The van der Waals surface area contributed by atoms with Gasteiger partial charge >= 0.3 is 0 Å². The summed E-state index contributed by atoms with van der Waals surface area (Å²) in [4.78, 5) is 12.4. The summed E-state index contributed by atoms with van der Waals surface area (Å²) in [7, 11) is 4.35. The number of nitrogens with one attached hydrogen (secondary N) is 2. The summed E-state index contributed by atoms with van der Waals surface area (Å²) in [6, 6.07) is 9.20. The van der Waals surface area contributed by atoms with Crippen molar-refractivity contribution in [2.45, 2.75) is 32.2 Å². The third kappa shape index (κ3) is 4.85. The molecule has 0 amide bonds. The first kappa shape index (κ1) is 22.1. The number of pyridine rings is 1. The number of likely N-dealkylation sites (tertiary alicyclic amines) is 1. The summed E-state index contributed by atoms with van der Waals surface area (Å²) in [6.45, 7) is 5.49. The van der Waals surface area contributed by atoms with Crippen molar-refractivity contribution < 1.29 is 0 Å². The summed E-state index contributed by atoms with van der Waals surface area (Å²) in [5, 5.41) is 14.3. The number of hydrogen-bond acceptors (Lipinski definition) is 5. The second kappa shape index (κ2) is 9.99. The average Bonchev–Trinajstić information content (AvgIpc) is 3.29. The van der Waals surface area contributed by atoms with Crippen molar-refractivity contribution in [2.24, 2.45) is 0 Å². The number of hydrogen-bond donors (Lipinski definition) is 2. The van der Waals surface area contributed by atoms with Crippen molar-refractivity contribution in [3.05, 3.63) is 59.6 Å². The van der Waals surface area contributed by atoms with Crippen molar-refractivity contribution in [1.82, 2.24) is 19.8 Å². The smallest absolute Gasteiger partial charge is 0.103 e. The number of aromatic nitrogens is 2. The summed E-state index contributed by atoms with van der Waals surface area (Å²) >= 11 is 0. The molecule has 3 heterocycles. The molecule has 1 aliphatic rings. The van der Waals surface area contributed by atoms with E-state index in [0.717, 1.165) is 54.1 Å². The first-order valence-corrected chi connectivity index (χ1v) is 11.3. The van der Waals surface area contributed by atoms with Crippen molar-refractivity contribution in [2.75, 3.05) is 39.0 Å². The van der Waals surface area contributed by atoms with Crippen molar-refractivity contribution >= 4 is 28.4 Å². The van der Waals surface area contributed by atoms with Gasteiger partial charge in [-0.05, 0) is 77.1 Å². The lowest BCUT2D eigenvalue weighted by molar-refractivity contribution is 0.147. The van der Waals surface area contributed by atoms with Crippen molar-refractivity contribution in [3.63, 3.8) is 0 Å². The van der Waals surface area contributed by atoms with Gasteiger partial charge in [0, 0.05) is 53.3 Å². The van der Waals surface area contributed by atoms with Crippen molar-refractivity contribution in [3.8, 4) is 6.07 Å². The maximum atomic E-state index is 9.66. The Kier molecular flexibility index (Phi) is 6.89. The number of piperidine rings is 1. The molecule has 1 fully saturated rings. The van der Waals surface area contributed by atoms with Gasteiger partial charge in [0.15, 0.2) is 0 Å². The Bertz CT molecular complexity index is 1130. The van der Waals surface area contributed by atoms with Gasteiger partial charge in [0.1, 0.15) is 6.07 Å². The molecule has 0 unspecified atom stereocenters. The molecule has 6 nitrogen and oxygen atoms in total. The Balaban J connectivity index is 1.45. The SMILES string of the molecule is Cc1c(Nc2c(C#N)cncc2/C=C/CCN2CCC(N(C)C)CC2)ccc2[nH]ccc12. The van der Waals surface area contributed by atoms with Gasteiger partial charge in [0.05, 0.1) is 11.3 Å². The van der Waals surface area contributed by atoms with Crippen LogP contribution in [0.3, 0.4) is 0 Å². The molecule has 4 rings (SSSR count). The maximum absolute atomic E-state index is 9.66. The van der Waals surface area contributed by atoms with Crippen LogP contribution in [0.4, 0.5) is 11.4 Å². The fraction of sp³-hybridized carbons (Fsp3) is 0.385. The predicted molar refractivity (Wildman–Crippen MR) is 132 cm³/mol. The molecule has 2 N–H and O–H groups in total. The minimum absolute atomic E-state index is 0.548. The molecule has 0 spiro atoms. The van der Waals surface area contributed by atoms with Crippen LogP contribution in [0.25, 0.3) is 17.0 Å². The van der Waals surface area contributed by atoms with Crippen LogP contribution < -0.4 is 5.32 Å². The summed E-state index contributed by atoms with van der Waals surface area (Å²) in [5.41, 5.74) is 5.55. The zero-order valence-corrected chi connectivity index (χ0v) is 19.2. The maximum Gasteiger partial charge on any atom is 0.103 e. The van der Waals surface area contributed by atoms with E-state index in [9.17, 15) is 5.26 Å². The Morgan fingerprint density at radius 3 is 2.81 bits per heavy atom. The summed E-state index contributed by atoms with van der Waals surface area (Å²) in [5.74, 6) is 0. The quantitative estimate of drug-likeness (QED) is 0.559. The number of nitrogens with zero attached hydrogens (tertiary/aromatic N) is 4. The lowest BCUT2D eigenvalue weighted by Gasteiger charge is -2.35. The van der Waals surface area contributed by atoms with Crippen LogP contribution in [0.5, 0.6) is 0 Å².